The van der Waals surface area contributed by atoms with Gasteiger partial charge in [0.25, 0.3) is 0 Å². The third-order valence-electron chi connectivity index (χ3n) is 0.681. The summed E-state index contributed by atoms with van der Waals surface area (Å²) in [5.74, 6) is 0. The van der Waals surface area contributed by atoms with Gasteiger partial charge < -0.3 is 0 Å². The third-order valence-corrected chi connectivity index (χ3v) is 0.681. The SMILES string of the molecule is O=c1[nH]c(=O)[nH]c(=O)[nH]1.[Zn].[Zn]. The summed E-state index contributed by atoms with van der Waals surface area (Å²) in [6, 6.07) is 0. The number of nitrogens with one attached hydrogen (secondary N) is 3. The molecule has 0 atom stereocenters. The molecular weight excluding hydrogens is 257 g/mol. The largest absolute Gasteiger partial charge is 0.330 e. The van der Waals surface area contributed by atoms with Gasteiger partial charge in [0.1, 0.15) is 0 Å². The second kappa shape index (κ2) is 5.33. The average molecular weight is 260 g/mol. The normalized spacial score (nSPS) is 7.64. The molecule has 6 nitrogen and oxygen atoms in total. The third kappa shape index (κ3) is 4.17. The molecule has 52 valence electrons. The molecule has 0 bridgehead atoms. The maximum atomic E-state index is 10.2. The van der Waals surface area contributed by atoms with Gasteiger partial charge >= 0.3 is 17.1 Å². The Hall–Kier alpha value is -0.343. The molecule has 0 aliphatic rings. The van der Waals surface area contributed by atoms with E-state index < -0.39 is 17.1 Å². The van der Waals surface area contributed by atoms with E-state index >= 15 is 0 Å². The van der Waals surface area contributed by atoms with E-state index in [4.69, 9.17) is 0 Å². The zero-order valence-corrected chi connectivity index (χ0v) is 11.6. The molecule has 1 rings (SSSR count). The van der Waals surface area contributed by atoms with Crippen molar-refractivity contribution in [2.75, 3.05) is 0 Å². The molecule has 0 spiro atoms. The van der Waals surface area contributed by atoms with Gasteiger partial charge in [-0.2, -0.15) is 0 Å². The Morgan fingerprint density at radius 3 is 1.00 bits per heavy atom. The van der Waals surface area contributed by atoms with E-state index in [0.717, 1.165) is 0 Å². The Kier molecular flexibility index (Phi) is 6.42. The summed E-state index contributed by atoms with van der Waals surface area (Å²) in [5.41, 5.74) is -2.41. The van der Waals surface area contributed by atoms with Crippen LogP contribution < -0.4 is 17.1 Å². The van der Waals surface area contributed by atoms with Gasteiger partial charge in [-0.25, -0.2) is 14.4 Å². The van der Waals surface area contributed by atoms with Crippen molar-refractivity contribution in [1.82, 2.24) is 15.0 Å². The molecule has 0 radical (unpaired) electrons. The molecule has 0 aliphatic heterocycles. The molecule has 1 aromatic rings. The van der Waals surface area contributed by atoms with Crippen LogP contribution in [0, 0.1) is 0 Å². The average Bonchev–Trinajstić information content (AvgIpc) is 1.59. The van der Waals surface area contributed by atoms with Crippen LogP contribution in [0.5, 0.6) is 0 Å². The zero-order chi connectivity index (χ0) is 6.85. The summed E-state index contributed by atoms with van der Waals surface area (Å²) >= 11 is 0. The standard InChI is InChI=1S/C3H3N3O3.2Zn/c7-1-4-2(8)6-3(9)5-1;;/h(H3,4,5,6,7,8,9);;. The first-order valence-electron chi connectivity index (χ1n) is 2.11. The molecule has 0 aliphatic carbocycles. The van der Waals surface area contributed by atoms with Crippen LogP contribution in [-0.2, 0) is 39.0 Å². The van der Waals surface area contributed by atoms with Gasteiger partial charge in [-0.3, -0.25) is 15.0 Å². The van der Waals surface area contributed by atoms with E-state index in [1.54, 1.807) is 15.0 Å². The quantitative estimate of drug-likeness (QED) is 0.459. The summed E-state index contributed by atoms with van der Waals surface area (Å²) in [6.07, 6.45) is 0. The van der Waals surface area contributed by atoms with Crippen molar-refractivity contribution in [3.05, 3.63) is 31.5 Å². The Morgan fingerprint density at radius 1 is 0.636 bits per heavy atom. The first-order valence-corrected chi connectivity index (χ1v) is 2.11. The van der Waals surface area contributed by atoms with Crippen molar-refractivity contribution >= 4 is 0 Å². The molecule has 1 heterocycles. The van der Waals surface area contributed by atoms with Crippen LogP contribution in [0.15, 0.2) is 14.4 Å². The van der Waals surface area contributed by atoms with E-state index in [1.165, 1.54) is 0 Å². The summed E-state index contributed by atoms with van der Waals surface area (Å²) in [6.45, 7) is 0. The van der Waals surface area contributed by atoms with Crippen molar-refractivity contribution in [2.24, 2.45) is 0 Å². The number of hydrogen-bond acceptors (Lipinski definition) is 3. The monoisotopic (exact) mass is 257 g/mol. The molecule has 0 saturated carbocycles. The predicted octanol–water partition coefficient (Wildman–Crippen LogP) is -2.25. The topological polar surface area (TPSA) is 98.6 Å². The van der Waals surface area contributed by atoms with E-state index in [9.17, 15) is 14.4 Å². The Balaban J connectivity index is 0. The Morgan fingerprint density at radius 2 is 0.818 bits per heavy atom. The summed E-state index contributed by atoms with van der Waals surface area (Å²) in [5, 5.41) is 0. The Bertz CT molecular complexity index is 284. The van der Waals surface area contributed by atoms with Gasteiger partial charge in [-0.05, 0) is 0 Å². The number of H-pyrrole nitrogens is 3. The molecule has 8 heteroatoms. The number of rotatable bonds is 0. The van der Waals surface area contributed by atoms with E-state index in [0.29, 0.717) is 0 Å². The van der Waals surface area contributed by atoms with Crippen LogP contribution in [0.3, 0.4) is 0 Å². The molecule has 0 fully saturated rings. The fourth-order valence-electron chi connectivity index (χ4n) is 0.403. The second-order valence-electron chi connectivity index (χ2n) is 1.36. The predicted molar refractivity (Wildman–Crippen MR) is 28.3 cm³/mol. The number of aromatic nitrogens is 3. The number of hydrogen-bond donors (Lipinski definition) is 3. The molecule has 0 saturated heterocycles. The van der Waals surface area contributed by atoms with Gasteiger partial charge in [0.15, 0.2) is 0 Å². The fourth-order valence-corrected chi connectivity index (χ4v) is 0.403. The maximum absolute atomic E-state index is 10.2. The Labute approximate surface area is 85.3 Å². The van der Waals surface area contributed by atoms with Gasteiger partial charge in [-0.1, -0.05) is 0 Å². The summed E-state index contributed by atoms with van der Waals surface area (Å²) in [4.78, 5) is 35.9. The van der Waals surface area contributed by atoms with E-state index in [1.807, 2.05) is 0 Å². The molecule has 0 aromatic carbocycles. The fraction of sp³-hybridized carbons (Fsp3) is 0. The minimum Gasteiger partial charge on any atom is -0.259 e. The first kappa shape index (κ1) is 13.3. The van der Waals surface area contributed by atoms with Crippen LogP contribution in [0.4, 0.5) is 0 Å². The van der Waals surface area contributed by atoms with Gasteiger partial charge in [-0.15, -0.1) is 0 Å². The van der Waals surface area contributed by atoms with Crippen LogP contribution in [0.2, 0.25) is 0 Å². The van der Waals surface area contributed by atoms with E-state index in [-0.39, 0.29) is 39.0 Å². The van der Waals surface area contributed by atoms with Crippen molar-refractivity contribution in [2.45, 2.75) is 0 Å². The van der Waals surface area contributed by atoms with Crippen molar-refractivity contribution in [1.29, 1.82) is 0 Å². The van der Waals surface area contributed by atoms with Crippen LogP contribution >= 0.6 is 0 Å². The number of aromatic amines is 3. The van der Waals surface area contributed by atoms with Crippen molar-refractivity contribution < 1.29 is 39.0 Å². The van der Waals surface area contributed by atoms with E-state index in [2.05, 4.69) is 0 Å². The molecule has 0 unspecified atom stereocenters. The molecule has 0 amide bonds. The molecule has 1 aromatic heterocycles. The summed E-state index contributed by atoms with van der Waals surface area (Å²) < 4.78 is 0. The smallest absolute Gasteiger partial charge is 0.259 e. The van der Waals surface area contributed by atoms with Crippen molar-refractivity contribution in [3.63, 3.8) is 0 Å². The van der Waals surface area contributed by atoms with Gasteiger partial charge in [0.05, 0.1) is 0 Å². The van der Waals surface area contributed by atoms with Crippen molar-refractivity contribution in [3.8, 4) is 0 Å². The second-order valence-corrected chi connectivity index (χ2v) is 1.36. The maximum Gasteiger partial charge on any atom is 0.330 e. The van der Waals surface area contributed by atoms with Crippen LogP contribution in [0.1, 0.15) is 0 Å². The van der Waals surface area contributed by atoms with Gasteiger partial charge in [0, 0.05) is 39.0 Å². The minimum atomic E-state index is -0.802. The van der Waals surface area contributed by atoms with Gasteiger partial charge in [0.2, 0.25) is 0 Å². The van der Waals surface area contributed by atoms with Crippen LogP contribution in [-0.4, -0.2) is 15.0 Å². The van der Waals surface area contributed by atoms with Crippen LogP contribution in [0.25, 0.3) is 0 Å². The zero-order valence-electron chi connectivity index (χ0n) is 5.64. The molecular formula is C3H3N3O3Zn2. The summed E-state index contributed by atoms with van der Waals surface area (Å²) in [7, 11) is 0. The first-order chi connectivity index (χ1) is 4.18. The minimum absolute atomic E-state index is 0. The molecule has 11 heavy (non-hydrogen) atoms. The molecule has 3 N–H and O–H groups in total.